The van der Waals surface area contributed by atoms with E-state index in [1.807, 2.05) is 0 Å². The molecule has 0 saturated heterocycles. The first-order valence-corrected chi connectivity index (χ1v) is 6.83. The maximum Gasteiger partial charge on any atom is 0.221 e. The Bertz CT molecular complexity index is 464. The van der Waals surface area contributed by atoms with E-state index in [1.54, 1.807) is 0 Å². The Morgan fingerprint density at radius 1 is 1.21 bits per heavy atom. The number of hydrogen-bond donors (Lipinski definition) is 2. The van der Waals surface area contributed by atoms with Gasteiger partial charge in [0.2, 0.25) is 5.91 Å². The normalized spacial score (nSPS) is 11.5. The van der Waals surface area contributed by atoms with Crippen molar-refractivity contribution in [1.82, 2.24) is 5.32 Å². The molecule has 3 N–H and O–H groups in total. The van der Waals surface area contributed by atoms with Crippen molar-refractivity contribution in [3.8, 4) is 0 Å². The van der Waals surface area contributed by atoms with E-state index < -0.39 is 0 Å². The smallest absolute Gasteiger partial charge is 0.221 e. The highest BCUT2D eigenvalue weighted by Gasteiger charge is 2.24. The quantitative estimate of drug-likeness (QED) is 0.856. The second-order valence-corrected chi connectivity index (χ2v) is 5.88. The lowest BCUT2D eigenvalue weighted by Crippen LogP contribution is -2.37. The number of carbonyl (C=O) groups is 1. The van der Waals surface area contributed by atoms with E-state index in [4.69, 9.17) is 5.73 Å². The van der Waals surface area contributed by atoms with Gasteiger partial charge >= 0.3 is 0 Å². The van der Waals surface area contributed by atoms with Gasteiger partial charge in [-0.15, -0.1) is 0 Å². The van der Waals surface area contributed by atoms with Crippen LogP contribution in [0.5, 0.6) is 0 Å². The number of benzene rings is 1. The fourth-order valence-corrected chi connectivity index (χ4v) is 2.32. The number of carbonyl (C=O) groups excluding carboxylic acids is 1. The van der Waals surface area contributed by atoms with Crippen LogP contribution in [0, 0.1) is 20.8 Å². The largest absolute Gasteiger partial charge is 0.355 e. The molecule has 0 atom stereocenters. The first-order chi connectivity index (χ1) is 8.79. The van der Waals surface area contributed by atoms with Crippen LogP contribution in [0.25, 0.3) is 0 Å². The lowest BCUT2D eigenvalue weighted by molar-refractivity contribution is -0.121. The zero-order valence-electron chi connectivity index (χ0n) is 12.8. The second-order valence-electron chi connectivity index (χ2n) is 5.88. The van der Waals surface area contributed by atoms with E-state index in [-0.39, 0.29) is 11.3 Å². The first kappa shape index (κ1) is 15.7. The summed E-state index contributed by atoms with van der Waals surface area (Å²) in [6.45, 7) is 11.8. The SMILES string of the molecule is Cc1ccc(C(C)(C)CNC(=O)CCN)c(C)c1C. The summed E-state index contributed by atoms with van der Waals surface area (Å²) in [4.78, 5) is 11.5. The first-order valence-electron chi connectivity index (χ1n) is 6.83. The van der Waals surface area contributed by atoms with Crippen molar-refractivity contribution in [1.29, 1.82) is 0 Å². The highest BCUT2D eigenvalue weighted by molar-refractivity contribution is 5.76. The molecule has 3 heteroatoms. The third-order valence-electron chi connectivity index (χ3n) is 3.89. The van der Waals surface area contributed by atoms with E-state index in [1.165, 1.54) is 22.3 Å². The predicted octanol–water partition coefficient (Wildman–Crippen LogP) is 2.35. The Kier molecular flexibility index (Phi) is 5.12. The van der Waals surface area contributed by atoms with Gasteiger partial charge in [0, 0.05) is 24.9 Å². The molecule has 0 aliphatic heterocycles. The maximum atomic E-state index is 11.5. The van der Waals surface area contributed by atoms with Crippen LogP contribution < -0.4 is 11.1 Å². The second kappa shape index (κ2) is 6.20. The third-order valence-corrected chi connectivity index (χ3v) is 3.89. The van der Waals surface area contributed by atoms with E-state index in [0.717, 1.165) is 0 Å². The molecule has 0 aliphatic rings. The van der Waals surface area contributed by atoms with Crippen LogP contribution in [0.4, 0.5) is 0 Å². The molecule has 0 unspecified atom stereocenters. The van der Waals surface area contributed by atoms with Crippen molar-refractivity contribution in [2.45, 2.75) is 46.5 Å². The van der Waals surface area contributed by atoms with Crippen molar-refractivity contribution in [3.05, 3.63) is 34.4 Å². The zero-order valence-corrected chi connectivity index (χ0v) is 12.8. The minimum Gasteiger partial charge on any atom is -0.355 e. The Hall–Kier alpha value is -1.35. The molecule has 0 saturated carbocycles. The summed E-state index contributed by atoms with van der Waals surface area (Å²) in [5, 5.41) is 2.96. The van der Waals surface area contributed by atoms with Gasteiger partial charge in [-0.25, -0.2) is 0 Å². The van der Waals surface area contributed by atoms with E-state index >= 15 is 0 Å². The highest BCUT2D eigenvalue weighted by Crippen LogP contribution is 2.28. The van der Waals surface area contributed by atoms with Crippen LogP contribution in [0.1, 0.15) is 42.5 Å². The molecule has 0 fully saturated rings. The molecule has 0 radical (unpaired) electrons. The van der Waals surface area contributed by atoms with Gasteiger partial charge in [0.1, 0.15) is 0 Å². The van der Waals surface area contributed by atoms with Gasteiger partial charge in [0.25, 0.3) is 0 Å². The lowest BCUT2D eigenvalue weighted by atomic mass is 9.80. The lowest BCUT2D eigenvalue weighted by Gasteiger charge is -2.28. The molecular formula is C16H26N2O. The van der Waals surface area contributed by atoms with Gasteiger partial charge in [0.15, 0.2) is 0 Å². The number of hydrogen-bond acceptors (Lipinski definition) is 2. The highest BCUT2D eigenvalue weighted by atomic mass is 16.1. The Labute approximate surface area is 116 Å². The molecule has 0 aliphatic carbocycles. The Balaban J connectivity index is 2.88. The average molecular weight is 262 g/mol. The molecule has 0 bridgehead atoms. The Morgan fingerprint density at radius 3 is 2.42 bits per heavy atom. The van der Waals surface area contributed by atoms with Crippen LogP contribution in [0.15, 0.2) is 12.1 Å². The van der Waals surface area contributed by atoms with Crippen molar-refractivity contribution < 1.29 is 4.79 Å². The van der Waals surface area contributed by atoms with Crippen LogP contribution in [-0.4, -0.2) is 19.0 Å². The van der Waals surface area contributed by atoms with E-state index in [0.29, 0.717) is 19.5 Å². The van der Waals surface area contributed by atoms with Crippen LogP contribution in [0.2, 0.25) is 0 Å². The fourth-order valence-electron chi connectivity index (χ4n) is 2.32. The van der Waals surface area contributed by atoms with Gasteiger partial charge in [-0.1, -0.05) is 26.0 Å². The molecule has 1 aromatic rings. The molecule has 1 amide bonds. The van der Waals surface area contributed by atoms with Gasteiger partial charge in [-0.2, -0.15) is 0 Å². The maximum absolute atomic E-state index is 11.5. The number of aryl methyl sites for hydroxylation is 1. The summed E-state index contributed by atoms with van der Waals surface area (Å²) in [5.74, 6) is 0.0251. The van der Waals surface area contributed by atoms with Crippen LogP contribution in [0.3, 0.4) is 0 Å². The summed E-state index contributed by atoms with van der Waals surface area (Å²) in [7, 11) is 0. The molecule has 0 aromatic heterocycles. The van der Waals surface area contributed by atoms with Crippen molar-refractivity contribution in [2.75, 3.05) is 13.1 Å². The summed E-state index contributed by atoms with van der Waals surface area (Å²) in [6, 6.07) is 4.33. The summed E-state index contributed by atoms with van der Waals surface area (Å²) in [6.07, 6.45) is 0.391. The molecule has 0 heterocycles. The molecule has 1 rings (SSSR count). The van der Waals surface area contributed by atoms with Crippen molar-refractivity contribution in [3.63, 3.8) is 0 Å². The van der Waals surface area contributed by atoms with Crippen molar-refractivity contribution >= 4 is 5.91 Å². The number of nitrogens with one attached hydrogen (secondary N) is 1. The average Bonchev–Trinajstić information content (AvgIpc) is 2.34. The molecule has 0 spiro atoms. The predicted molar refractivity (Wildman–Crippen MR) is 80.4 cm³/mol. The summed E-state index contributed by atoms with van der Waals surface area (Å²) >= 11 is 0. The van der Waals surface area contributed by atoms with Gasteiger partial charge < -0.3 is 11.1 Å². The number of nitrogens with two attached hydrogens (primary N) is 1. The zero-order chi connectivity index (χ0) is 14.6. The summed E-state index contributed by atoms with van der Waals surface area (Å²) < 4.78 is 0. The summed E-state index contributed by atoms with van der Waals surface area (Å²) in [5.41, 5.74) is 10.6. The fraction of sp³-hybridized carbons (Fsp3) is 0.562. The van der Waals surface area contributed by atoms with E-state index in [2.05, 4.69) is 52.1 Å². The topological polar surface area (TPSA) is 55.1 Å². The van der Waals surface area contributed by atoms with Crippen molar-refractivity contribution in [2.24, 2.45) is 5.73 Å². The molecule has 106 valence electrons. The monoisotopic (exact) mass is 262 g/mol. The molecule has 1 aromatic carbocycles. The Morgan fingerprint density at radius 2 is 1.84 bits per heavy atom. The molecular weight excluding hydrogens is 236 g/mol. The van der Waals surface area contributed by atoms with E-state index in [9.17, 15) is 4.79 Å². The van der Waals surface area contributed by atoms with Crippen LogP contribution in [-0.2, 0) is 10.2 Å². The molecule has 3 nitrogen and oxygen atoms in total. The van der Waals surface area contributed by atoms with Crippen LogP contribution >= 0.6 is 0 Å². The van der Waals surface area contributed by atoms with Gasteiger partial charge in [0.05, 0.1) is 0 Å². The minimum atomic E-state index is -0.0766. The van der Waals surface area contributed by atoms with Gasteiger partial charge in [-0.3, -0.25) is 4.79 Å². The third kappa shape index (κ3) is 3.80. The number of amides is 1. The number of rotatable bonds is 5. The molecule has 19 heavy (non-hydrogen) atoms. The minimum absolute atomic E-state index is 0.0251. The van der Waals surface area contributed by atoms with Gasteiger partial charge in [-0.05, 0) is 43.0 Å². The standard InChI is InChI=1S/C16H26N2O/c1-11-6-7-14(13(3)12(11)2)16(4,5)10-18-15(19)8-9-17/h6-7H,8-10,17H2,1-5H3,(H,18,19).